The second kappa shape index (κ2) is 5.72. The van der Waals surface area contributed by atoms with Gasteiger partial charge >= 0.3 is 5.97 Å². The molecule has 0 radical (unpaired) electrons. The van der Waals surface area contributed by atoms with Gasteiger partial charge in [0.1, 0.15) is 0 Å². The molecule has 118 valence electrons. The zero-order valence-electron chi connectivity index (χ0n) is 13.2. The van der Waals surface area contributed by atoms with E-state index in [-0.39, 0.29) is 11.8 Å². The number of fused-ring (bicyclic) bond motifs is 1. The Kier molecular flexibility index (Phi) is 3.73. The minimum atomic E-state index is -0.410. The number of carbonyl (C=O) groups is 2. The molecule has 0 fully saturated rings. The topological polar surface area (TPSA) is 73.2 Å². The summed E-state index contributed by atoms with van der Waals surface area (Å²) in [5.74, 6) is 0.216. The van der Waals surface area contributed by atoms with Crippen LogP contribution in [0.2, 0.25) is 0 Å². The summed E-state index contributed by atoms with van der Waals surface area (Å²) in [6, 6.07) is 6.88. The van der Waals surface area contributed by atoms with Crippen LogP contribution in [-0.4, -0.2) is 28.4 Å². The van der Waals surface area contributed by atoms with Crippen LogP contribution in [-0.2, 0) is 9.53 Å². The molecule has 1 aliphatic rings. The minimum absolute atomic E-state index is 0.0213. The fourth-order valence-electron chi connectivity index (χ4n) is 2.83. The summed E-state index contributed by atoms with van der Waals surface area (Å²) in [7, 11) is 1.36. The third-order valence-electron chi connectivity index (χ3n) is 3.94. The Morgan fingerprint density at radius 3 is 2.83 bits per heavy atom. The maximum Gasteiger partial charge on any atom is 0.337 e. The predicted octanol–water partition coefficient (Wildman–Crippen LogP) is 2.55. The van der Waals surface area contributed by atoms with Gasteiger partial charge in [-0.05, 0) is 25.5 Å². The lowest BCUT2D eigenvalue weighted by molar-refractivity contribution is -0.136. The lowest BCUT2D eigenvalue weighted by atomic mass is 9.93. The Hall–Kier alpha value is -2.89. The van der Waals surface area contributed by atoms with E-state index in [2.05, 4.69) is 10.3 Å². The first kappa shape index (κ1) is 15.0. The highest BCUT2D eigenvalue weighted by Crippen LogP contribution is 2.36. The van der Waals surface area contributed by atoms with Crippen LogP contribution < -0.4 is 5.32 Å². The average molecular weight is 311 g/mol. The monoisotopic (exact) mass is 311 g/mol. The number of aromatic nitrogens is 2. The molecule has 0 saturated carbocycles. The largest absolute Gasteiger partial charge is 0.466 e. The molecule has 1 atom stereocenters. The summed E-state index contributed by atoms with van der Waals surface area (Å²) in [6.45, 7) is 3.33. The fraction of sp³-hybridized carbons (Fsp3) is 0.235. The van der Waals surface area contributed by atoms with E-state index in [0.29, 0.717) is 22.8 Å². The van der Waals surface area contributed by atoms with Crippen molar-refractivity contribution < 1.29 is 14.3 Å². The van der Waals surface area contributed by atoms with Crippen molar-refractivity contribution in [3.8, 4) is 0 Å². The van der Waals surface area contributed by atoms with E-state index in [1.165, 1.54) is 14.0 Å². The number of ketones is 1. The number of rotatable bonds is 3. The lowest BCUT2D eigenvalue weighted by Crippen LogP contribution is -2.28. The van der Waals surface area contributed by atoms with Gasteiger partial charge in [-0.15, -0.1) is 0 Å². The second-order valence-corrected chi connectivity index (χ2v) is 5.40. The molecule has 1 aliphatic heterocycles. The molecule has 0 bridgehead atoms. The number of nitrogens with one attached hydrogen (secondary N) is 1. The molecule has 0 spiro atoms. The summed E-state index contributed by atoms with van der Waals surface area (Å²) in [5, 5.41) is 3.11. The van der Waals surface area contributed by atoms with Crippen LogP contribution in [0.3, 0.4) is 0 Å². The van der Waals surface area contributed by atoms with Gasteiger partial charge in [-0.2, -0.15) is 0 Å². The van der Waals surface area contributed by atoms with Gasteiger partial charge in [0, 0.05) is 23.7 Å². The average Bonchev–Trinajstić information content (AvgIpc) is 3.00. The molecule has 0 aliphatic carbocycles. The fourth-order valence-corrected chi connectivity index (χ4v) is 2.83. The number of allylic oxidation sites excluding steroid dienone is 1. The molecule has 1 N–H and O–H groups in total. The molecule has 3 rings (SSSR count). The summed E-state index contributed by atoms with van der Waals surface area (Å²) in [5.41, 5.74) is 2.62. The van der Waals surface area contributed by atoms with Crippen molar-refractivity contribution in [1.29, 1.82) is 0 Å². The first-order valence-electron chi connectivity index (χ1n) is 7.22. The normalized spacial score (nSPS) is 16.6. The lowest BCUT2D eigenvalue weighted by Gasteiger charge is -2.29. The molecule has 6 heteroatoms. The van der Waals surface area contributed by atoms with E-state index < -0.39 is 5.97 Å². The standard InChI is InChI=1S/C17H17N3O3/c1-10-14(16(22)23-3)15(20-8-7-18-17(20)19-10)13-6-4-5-12(9-13)11(2)21/h4-9,15H,1-3H3,(H,18,19). The van der Waals surface area contributed by atoms with Gasteiger partial charge in [0.25, 0.3) is 0 Å². The summed E-state index contributed by atoms with van der Waals surface area (Å²) in [4.78, 5) is 28.2. The number of imidazole rings is 1. The molecule has 1 unspecified atom stereocenters. The SMILES string of the molecule is COC(=O)C1=C(C)Nc2nccn2C1c1cccc(C(C)=O)c1. The molecule has 1 aromatic heterocycles. The first-order valence-corrected chi connectivity index (χ1v) is 7.22. The number of Topliss-reactive ketones (excluding diaryl/α,β-unsaturated/α-hetero) is 1. The molecular formula is C17H17N3O3. The molecular weight excluding hydrogens is 294 g/mol. The highest BCUT2D eigenvalue weighted by atomic mass is 16.5. The molecule has 0 saturated heterocycles. The van der Waals surface area contributed by atoms with Gasteiger partial charge in [0.05, 0.1) is 18.7 Å². The number of nitrogens with zero attached hydrogens (tertiary/aromatic N) is 2. The van der Waals surface area contributed by atoms with Gasteiger partial charge in [-0.3, -0.25) is 4.79 Å². The number of benzene rings is 1. The smallest absolute Gasteiger partial charge is 0.337 e. The minimum Gasteiger partial charge on any atom is -0.466 e. The number of methoxy groups -OCH3 is 1. The number of esters is 1. The van der Waals surface area contributed by atoms with Crippen molar-refractivity contribution >= 4 is 17.7 Å². The Bertz CT molecular complexity index is 820. The van der Waals surface area contributed by atoms with E-state index in [1.54, 1.807) is 24.5 Å². The van der Waals surface area contributed by atoms with Crippen molar-refractivity contribution in [2.24, 2.45) is 0 Å². The van der Waals surface area contributed by atoms with Gasteiger partial charge in [-0.25, -0.2) is 9.78 Å². The Labute approximate surface area is 133 Å². The van der Waals surface area contributed by atoms with E-state index >= 15 is 0 Å². The number of anilines is 1. The number of hydrogen-bond acceptors (Lipinski definition) is 5. The van der Waals surface area contributed by atoms with Gasteiger partial charge < -0.3 is 14.6 Å². The third kappa shape index (κ3) is 2.52. The van der Waals surface area contributed by atoms with Crippen molar-refractivity contribution in [2.45, 2.75) is 19.9 Å². The zero-order valence-corrected chi connectivity index (χ0v) is 13.2. The van der Waals surface area contributed by atoms with Gasteiger partial charge in [-0.1, -0.05) is 18.2 Å². The van der Waals surface area contributed by atoms with Crippen molar-refractivity contribution in [2.75, 3.05) is 12.4 Å². The van der Waals surface area contributed by atoms with Gasteiger partial charge in [0.15, 0.2) is 5.78 Å². The number of ether oxygens (including phenoxy) is 1. The quantitative estimate of drug-likeness (QED) is 0.696. The van der Waals surface area contributed by atoms with Crippen molar-refractivity contribution in [3.63, 3.8) is 0 Å². The summed E-state index contributed by atoms with van der Waals surface area (Å²) < 4.78 is 6.80. The maximum absolute atomic E-state index is 12.3. The Balaban J connectivity index is 2.19. The van der Waals surface area contributed by atoms with Crippen LogP contribution in [0.1, 0.15) is 35.8 Å². The zero-order chi connectivity index (χ0) is 16.6. The molecule has 1 aromatic carbocycles. The third-order valence-corrected chi connectivity index (χ3v) is 3.94. The molecule has 23 heavy (non-hydrogen) atoms. The summed E-state index contributed by atoms with van der Waals surface area (Å²) in [6.07, 6.45) is 3.46. The van der Waals surface area contributed by atoms with Crippen molar-refractivity contribution in [3.05, 3.63) is 59.1 Å². The maximum atomic E-state index is 12.3. The second-order valence-electron chi connectivity index (χ2n) is 5.40. The van der Waals surface area contributed by atoms with Crippen LogP contribution in [0, 0.1) is 0 Å². The molecule has 2 heterocycles. The highest BCUT2D eigenvalue weighted by Gasteiger charge is 2.32. The molecule has 6 nitrogen and oxygen atoms in total. The van der Waals surface area contributed by atoms with Crippen LogP contribution >= 0.6 is 0 Å². The van der Waals surface area contributed by atoms with Crippen LogP contribution in [0.5, 0.6) is 0 Å². The van der Waals surface area contributed by atoms with Crippen LogP contribution in [0.4, 0.5) is 5.95 Å². The van der Waals surface area contributed by atoms with E-state index in [9.17, 15) is 9.59 Å². The van der Waals surface area contributed by atoms with E-state index in [0.717, 1.165) is 5.56 Å². The Morgan fingerprint density at radius 1 is 1.35 bits per heavy atom. The number of hydrogen-bond donors (Lipinski definition) is 1. The predicted molar refractivity (Wildman–Crippen MR) is 85.2 cm³/mol. The molecule has 0 amide bonds. The van der Waals surface area contributed by atoms with E-state index in [1.807, 2.05) is 23.6 Å². The number of carbonyl (C=O) groups excluding carboxylic acids is 2. The van der Waals surface area contributed by atoms with Crippen molar-refractivity contribution in [1.82, 2.24) is 9.55 Å². The first-order chi connectivity index (χ1) is 11.0. The van der Waals surface area contributed by atoms with Crippen LogP contribution in [0.25, 0.3) is 0 Å². The van der Waals surface area contributed by atoms with Crippen LogP contribution in [0.15, 0.2) is 47.9 Å². The summed E-state index contributed by atoms with van der Waals surface area (Å²) >= 11 is 0. The highest BCUT2D eigenvalue weighted by molar-refractivity contribution is 5.95. The van der Waals surface area contributed by atoms with Gasteiger partial charge in [0.2, 0.25) is 5.95 Å². The molecule has 2 aromatic rings. The Morgan fingerprint density at radius 2 is 2.13 bits per heavy atom. The van der Waals surface area contributed by atoms with E-state index in [4.69, 9.17) is 4.74 Å².